The second-order valence-electron chi connectivity index (χ2n) is 5.86. The lowest BCUT2D eigenvalue weighted by atomic mass is 10.1. The number of hydrogen-bond donors (Lipinski definition) is 2. The molecule has 0 spiro atoms. The molecular formula is C19H19N3O3S. The molecule has 0 bridgehead atoms. The number of thiazole rings is 1. The van der Waals surface area contributed by atoms with Gasteiger partial charge in [-0.25, -0.2) is 14.6 Å². The molecule has 0 radical (unpaired) electrons. The zero-order valence-corrected chi connectivity index (χ0v) is 15.5. The number of aromatic nitrogens is 1. The van der Waals surface area contributed by atoms with Crippen LogP contribution in [0.3, 0.4) is 0 Å². The van der Waals surface area contributed by atoms with Crippen LogP contribution in [-0.4, -0.2) is 30.1 Å². The molecule has 6 nitrogen and oxygen atoms in total. The maximum Gasteiger partial charge on any atom is 0.328 e. The van der Waals surface area contributed by atoms with Crippen molar-refractivity contribution in [3.05, 3.63) is 48.0 Å². The van der Waals surface area contributed by atoms with Gasteiger partial charge >= 0.3 is 12.0 Å². The number of nitrogens with zero attached hydrogens (tertiary/aromatic N) is 1. The van der Waals surface area contributed by atoms with E-state index in [9.17, 15) is 9.59 Å². The fraction of sp³-hybridized carbons (Fsp3) is 0.211. The minimum absolute atomic E-state index is 0.460. The molecule has 0 aliphatic heterocycles. The lowest BCUT2D eigenvalue weighted by Gasteiger charge is -2.14. The van der Waals surface area contributed by atoms with E-state index in [2.05, 4.69) is 20.4 Å². The van der Waals surface area contributed by atoms with E-state index < -0.39 is 18.0 Å². The standard InChI is InChI=1S/C19H19N3O3S/c1-11-10-13(17-21-15-6-4-5-7-16(15)26-17)8-9-14(11)22-19(24)20-12(2)18(23)25-3/h4-10,12H,1-3H3,(H2,20,22,24). The molecule has 1 aromatic heterocycles. The first-order valence-electron chi connectivity index (χ1n) is 8.10. The van der Waals surface area contributed by atoms with Gasteiger partial charge in [-0.3, -0.25) is 0 Å². The molecule has 2 amide bonds. The SMILES string of the molecule is COC(=O)C(C)NC(=O)Nc1ccc(-c2nc3ccccc3s2)cc1C. The summed E-state index contributed by atoms with van der Waals surface area (Å²) in [5, 5.41) is 6.22. The van der Waals surface area contributed by atoms with E-state index >= 15 is 0 Å². The number of fused-ring (bicyclic) bond motifs is 1. The lowest BCUT2D eigenvalue weighted by Crippen LogP contribution is -2.41. The van der Waals surface area contributed by atoms with Gasteiger partial charge in [0.25, 0.3) is 0 Å². The highest BCUT2D eigenvalue weighted by atomic mass is 32.1. The number of aryl methyl sites for hydroxylation is 1. The van der Waals surface area contributed by atoms with Gasteiger partial charge in [-0.15, -0.1) is 11.3 Å². The normalized spacial score (nSPS) is 11.8. The molecule has 0 saturated heterocycles. The topological polar surface area (TPSA) is 80.3 Å². The third kappa shape index (κ3) is 3.83. The van der Waals surface area contributed by atoms with Crippen LogP contribution in [0.15, 0.2) is 42.5 Å². The molecule has 3 rings (SSSR count). The van der Waals surface area contributed by atoms with E-state index in [4.69, 9.17) is 0 Å². The van der Waals surface area contributed by atoms with Gasteiger partial charge in [0.05, 0.1) is 17.3 Å². The highest BCUT2D eigenvalue weighted by Crippen LogP contribution is 2.31. The Hall–Kier alpha value is -2.93. The van der Waals surface area contributed by atoms with E-state index in [0.717, 1.165) is 26.4 Å². The number of methoxy groups -OCH3 is 1. The highest BCUT2D eigenvalue weighted by molar-refractivity contribution is 7.21. The van der Waals surface area contributed by atoms with E-state index in [1.807, 2.05) is 49.4 Å². The van der Waals surface area contributed by atoms with Gasteiger partial charge in [0.2, 0.25) is 0 Å². The second kappa shape index (κ2) is 7.53. The van der Waals surface area contributed by atoms with E-state index in [1.165, 1.54) is 7.11 Å². The predicted octanol–water partition coefficient (Wildman–Crippen LogP) is 3.95. The average Bonchev–Trinajstić information content (AvgIpc) is 3.06. The van der Waals surface area contributed by atoms with Gasteiger partial charge < -0.3 is 15.4 Å². The molecule has 26 heavy (non-hydrogen) atoms. The fourth-order valence-corrected chi connectivity index (χ4v) is 3.49. The number of esters is 1. The van der Waals surface area contributed by atoms with Crippen molar-refractivity contribution in [3.8, 4) is 10.6 Å². The Morgan fingerprint density at radius 1 is 1.19 bits per heavy atom. The maximum absolute atomic E-state index is 12.0. The Bertz CT molecular complexity index is 935. The van der Waals surface area contributed by atoms with Crippen molar-refractivity contribution in [1.29, 1.82) is 0 Å². The van der Waals surface area contributed by atoms with Crippen LogP contribution in [0.5, 0.6) is 0 Å². The van der Waals surface area contributed by atoms with Crippen molar-refractivity contribution in [3.63, 3.8) is 0 Å². The molecule has 0 fully saturated rings. The van der Waals surface area contributed by atoms with E-state index in [1.54, 1.807) is 18.3 Å². The van der Waals surface area contributed by atoms with Crippen molar-refractivity contribution in [2.75, 3.05) is 12.4 Å². The first kappa shape index (κ1) is 17.9. The molecule has 2 aromatic carbocycles. The minimum Gasteiger partial charge on any atom is -0.467 e. The molecule has 1 unspecified atom stereocenters. The number of carbonyl (C=O) groups is 2. The monoisotopic (exact) mass is 369 g/mol. The number of para-hydroxylation sites is 1. The number of hydrogen-bond acceptors (Lipinski definition) is 5. The fourth-order valence-electron chi connectivity index (χ4n) is 2.52. The van der Waals surface area contributed by atoms with E-state index in [0.29, 0.717) is 5.69 Å². The Labute approximate surface area is 155 Å². The number of urea groups is 1. The Morgan fingerprint density at radius 3 is 2.65 bits per heavy atom. The van der Waals surface area contributed by atoms with Gasteiger partial charge in [-0.2, -0.15) is 0 Å². The van der Waals surface area contributed by atoms with Crippen LogP contribution < -0.4 is 10.6 Å². The summed E-state index contributed by atoms with van der Waals surface area (Å²) in [6.07, 6.45) is 0. The lowest BCUT2D eigenvalue weighted by molar-refractivity contribution is -0.142. The van der Waals surface area contributed by atoms with Gasteiger partial charge in [0, 0.05) is 11.3 Å². The average molecular weight is 369 g/mol. The molecule has 134 valence electrons. The summed E-state index contributed by atoms with van der Waals surface area (Å²) in [6.45, 7) is 3.48. The van der Waals surface area contributed by atoms with Crippen molar-refractivity contribution in [2.24, 2.45) is 0 Å². The van der Waals surface area contributed by atoms with Gasteiger partial charge in [-0.1, -0.05) is 12.1 Å². The number of nitrogens with one attached hydrogen (secondary N) is 2. The van der Waals surface area contributed by atoms with Crippen LogP contribution in [0.1, 0.15) is 12.5 Å². The smallest absolute Gasteiger partial charge is 0.328 e. The molecule has 1 atom stereocenters. The zero-order valence-electron chi connectivity index (χ0n) is 14.7. The van der Waals surface area contributed by atoms with Crippen LogP contribution in [0.4, 0.5) is 10.5 Å². The Balaban J connectivity index is 1.75. The van der Waals surface area contributed by atoms with Crippen LogP contribution in [-0.2, 0) is 9.53 Å². The van der Waals surface area contributed by atoms with Crippen molar-refractivity contribution in [2.45, 2.75) is 19.9 Å². The summed E-state index contributed by atoms with van der Waals surface area (Å²) in [7, 11) is 1.28. The number of carbonyl (C=O) groups excluding carboxylic acids is 2. The van der Waals surface area contributed by atoms with Crippen LogP contribution in [0.25, 0.3) is 20.8 Å². The molecule has 0 aliphatic rings. The summed E-state index contributed by atoms with van der Waals surface area (Å²) < 4.78 is 5.73. The van der Waals surface area contributed by atoms with Crippen LogP contribution in [0, 0.1) is 6.92 Å². The quantitative estimate of drug-likeness (QED) is 0.682. The maximum atomic E-state index is 12.0. The first-order valence-corrected chi connectivity index (χ1v) is 8.91. The molecule has 1 heterocycles. The number of benzene rings is 2. The molecule has 3 aromatic rings. The number of ether oxygens (including phenoxy) is 1. The van der Waals surface area contributed by atoms with Gasteiger partial charge in [0.15, 0.2) is 0 Å². The third-order valence-electron chi connectivity index (χ3n) is 3.92. The Kier molecular flexibility index (Phi) is 5.18. The molecular weight excluding hydrogens is 350 g/mol. The summed E-state index contributed by atoms with van der Waals surface area (Å²) >= 11 is 1.63. The van der Waals surface area contributed by atoms with Crippen molar-refractivity contribution in [1.82, 2.24) is 10.3 Å². The Morgan fingerprint density at radius 2 is 1.96 bits per heavy atom. The molecule has 2 N–H and O–H groups in total. The number of amides is 2. The van der Waals surface area contributed by atoms with Crippen molar-refractivity contribution < 1.29 is 14.3 Å². The summed E-state index contributed by atoms with van der Waals surface area (Å²) in [4.78, 5) is 28.0. The minimum atomic E-state index is -0.720. The van der Waals surface area contributed by atoms with Gasteiger partial charge in [-0.05, 0) is 49.7 Å². The largest absolute Gasteiger partial charge is 0.467 e. The molecule has 7 heteroatoms. The zero-order chi connectivity index (χ0) is 18.7. The second-order valence-corrected chi connectivity index (χ2v) is 6.89. The number of anilines is 1. The third-order valence-corrected chi connectivity index (χ3v) is 5.00. The molecule has 0 aliphatic carbocycles. The van der Waals surface area contributed by atoms with Crippen LogP contribution in [0.2, 0.25) is 0 Å². The first-order chi connectivity index (χ1) is 12.5. The highest BCUT2D eigenvalue weighted by Gasteiger charge is 2.16. The molecule has 0 saturated carbocycles. The number of rotatable bonds is 4. The van der Waals surface area contributed by atoms with E-state index in [-0.39, 0.29) is 0 Å². The summed E-state index contributed by atoms with van der Waals surface area (Å²) in [6, 6.07) is 12.6. The van der Waals surface area contributed by atoms with Crippen molar-refractivity contribution >= 4 is 39.2 Å². The van der Waals surface area contributed by atoms with Crippen LogP contribution >= 0.6 is 11.3 Å². The summed E-state index contributed by atoms with van der Waals surface area (Å²) in [5.41, 5.74) is 3.55. The van der Waals surface area contributed by atoms with Gasteiger partial charge in [0.1, 0.15) is 11.0 Å². The predicted molar refractivity (Wildman–Crippen MR) is 103 cm³/mol. The summed E-state index contributed by atoms with van der Waals surface area (Å²) in [5.74, 6) is -0.497.